The number of morpholine rings is 1. The summed E-state index contributed by atoms with van der Waals surface area (Å²) in [6.45, 7) is 5.04. The van der Waals surface area contributed by atoms with Gasteiger partial charge in [0.1, 0.15) is 12.4 Å². The highest BCUT2D eigenvalue weighted by molar-refractivity contribution is 6.39. The van der Waals surface area contributed by atoms with Gasteiger partial charge >= 0.3 is 0 Å². The molecule has 9 heteroatoms. The van der Waals surface area contributed by atoms with Gasteiger partial charge in [-0.15, -0.1) is 0 Å². The lowest BCUT2D eigenvalue weighted by atomic mass is 9.95. The van der Waals surface area contributed by atoms with Crippen LogP contribution in [0.2, 0.25) is 15.1 Å². The van der Waals surface area contributed by atoms with Crippen LogP contribution in [-0.4, -0.2) is 55.8 Å². The van der Waals surface area contributed by atoms with Crippen LogP contribution < -0.4 is 15.0 Å². The van der Waals surface area contributed by atoms with Crippen LogP contribution >= 0.6 is 34.8 Å². The Balaban J connectivity index is 1.57. The number of rotatable bonds is 6. The van der Waals surface area contributed by atoms with Crippen LogP contribution in [0.15, 0.2) is 54.6 Å². The number of fused-ring (bicyclic) bond motifs is 1. The number of ether oxygens (including phenoxy) is 2. The number of aliphatic hydroxyl groups is 1. The second-order valence-electron chi connectivity index (χ2n) is 8.45. The number of nitrogens with zero attached hydrogens (tertiary/aromatic N) is 2. The predicted molar refractivity (Wildman–Crippen MR) is 141 cm³/mol. The molecule has 2 aliphatic heterocycles. The number of benzene rings is 3. The fourth-order valence-corrected chi connectivity index (χ4v) is 5.35. The molecule has 3 aromatic rings. The maximum Gasteiger partial charge on any atom is 0.188 e. The van der Waals surface area contributed by atoms with E-state index in [0.29, 0.717) is 39.7 Å². The van der Waals surface area contributed by atoms with Crippen LogP contribution in [0.4, 0.5) is 11.4 Å². The monoisotopic (exact) mass is 533 g/mol. The SMILES string of the molecule is OC1NCc2c(-c3ccccc3Cl)cc(OCCN3CCOCC3)cc2N1c1c(Cl)cccc1Cl. The third-order valence-electron chi connectivity index (χ3n) is 6.29. The Morgan fingerprint density at radius 1 is 0.943 bits per heavy atom. The summed E-state index contributed by atoms with van der Waals surface area (Å²) in [6, 6.07) is 16.9. The zero-order valence-electron chi connectivity index (χ0n) is 19.0. The molecule has 0 radical (unpaired) electrons. The van der Waals surface area contributed by atoms with Crippen molar-refractivity contribution in [3.05, 3.63) is 75.2 Å². The molecule has 1 saturated heterocycles. The van der Waals surface area contributed by atoms with Crippen molar-refractivity contribution in [2.45, 2.75) is 12.9 Å². The Labute approximate surface area is 219 Å². The summed E-state index contributed by atoms with van der Waals surface area (Å²) in [5, 5.41) is 15.6. The molecule has 3 aromatic carbocycles. The summed E-state index contributed by atoms with van der Waals surface area (Å²) in [6.07, 6.45) is -1.03. The summed E-state index contributed by atoms with van der Waals surface area (Å²) in [5.74, 6) is 0.675. The number of hydrogen-bond donors (Lipinski definition) is 2. The second-order valence-corrected chi connectivity index (χ2v) is 9.67. The fraction of sp³-hybridized carbons (Fsp3) is 0.308. The van der Waals surface area contributed by atoms with E-state index in [1.807, 2.05) is 36.4 Å². The quantitative estimate of drug-likeness (QED) is 0.433. The summed E-state index contributed by atoms with van der Waals surface area (Å²) in [7, 11) is 0. The highest BCUT2D eigenvalue weighted by atomic mass is 35.5. The molecular formula is C26H26Cl3N3O3. The average Bonchev–Trinajstić information content (AvgIpc) is 2.86. The Morgan fingerprint density at radius 2 is 1.66 bits per heavy atom. The fourth-order valence-electron chi connectivity index (χ4n) is 4.53. The van der Waals surface area contributed by atoms with Crippen LogP contribution in [0.3, 0.4) is 0 Å². The van der Waals surface area contributed by atoms with E-state index in [1.54, 1.807) is 23.1 Å². The van der Waals surface area contributed by atoms with E-state index in [4.69, 9.17) is 44.3 Å². The minimum atomic E-state index is -1.03. The molecule has 1 fully saturated rings. The first-order chi connectivity index (χ1) is 17.0. The molecule has 0 saturated carbocycles. The molecule has 35 heavy (non-hydrogen) atoms. The first-order valence-electron chi connectivity index (χ1n) is 11.5. The van der Waals surface area contributed by atoms with Crippen molar-refractivity contribution in [3.63, 3.8) is 0 Å². The molecular weight excluding hydrogens is 509 g/mol. The first-order valence-corrected chi connectivity index (χ1v) is 12.7. The van der Waals surface area contributed by atoms with E-state index >= 15 is 0 Å². The zero-order chi connectivity index (χ0) is 24.4. The van der Waals surface area contributed by atoms with E-state index in [1.165, 1.54) is 0 Å². The van der Waals surface area contributed by atoms with Crippen LogP contribution in [0, 0.1) is 0 Å². The van der Waals surface area contributed by atoms with Crippen molar-refractivity contribution < 1.29 is 14.6 Å². The van der Waals surface area contributed by atoms with Gasteiger partial charge in [0, 0.05) is 42.8 Å². The molecule has 0 spiro atoms. The van der Waals surface area contributed by atoms with Gasteiger partial charge in [-0.3, -0.25) is 15.1 Å². The Bertz CT molecular complexity index is 1180. The van der Waals surface area contributed by atoms with Crippen molar-refractivity contribution in [1.82, 2.24) is 10.2 Å². The molecule has 0 aromatic heterocycles. The topological polar surface area (TPSA) is 57.2 Å². The van der Waals surface area contributed by atoms with Crippen LogP contribution in [0.25, 0.3) is 11.1 Å². The molecule has 5 rings (SSSR count). The van der Waals surface area contributed by atoms with E-state index in [2.05, 4.69) is 10.2 Å². The van der Waals surface area contributed by atoms with Crippen molar-refractivity contribution in [3.8, 4) is 16.9 Å². The van der Waals surface area contributed by atoms with Gasteiger partial charge in [0.2, 0.25) is 0 Å². The smallest absolute Gasteiger partial charge is 0.188 e. The predicted octanol–water partition coefficient (Wildman–Crippen LogP) is 5.54. The Morgan fingerprint density at radius 3 is 2.40 bits per heavy atom. The molecule has 2 heterocycles. The van der Waals surface area contributed by atoms with Crippen LogP contribution in [0.1, 0.15) is 5.56 Å². The van der Waals surface area contributed by atoms with Gasteiger partial charge in [-0.05, 0) is 35.4 Å². The maximum atomic E-state index is 11.0. The van der Waals surface area contributed by atoms with Crippen molar-refractivity contribution in [2.24, 2.45) is 0 Å². The van der Waals surface area contributed by atoms with Gasteiger partial charge in [0.25, 0.3) is 0 Å². The molecule has 2 aliphatic rings. The minimum Gasteiger partial charge on any atom is -0.492 e. The average molecular weight is 535 g/mol. The summed E-state index contributed by atoms with van der Waals surface area (Å²) in [4.78, 5) is 4.03. The number of para-hydroxylation sites is 1. The lowest BCUT2D eigenvalue weighted by Crippen LogP contribution is -2.47. The lowest BCUT2D eigenvalue weighted by Gasteiger charge is -2.38. The first kappa shape index (κ1) is 24.7. The van der Waals surface area contributed by atoms with Crippen molar-refractivity contribution in [2.75, 3.05) is 44.4 Å². The molecule has 6 nitrogen and oxygen atoms in total. The molecule has 1 atom stereocenters. The molecule has 0 amide bonds. The van der Waals surface area contributed by atoms with Crippen LogP contribution in [0.5, 0.6) is 5.75 Å². The third-order valence-corrected chi connectivity index (χ3v) is 7.23. The molecule has 0 aliphatic carbocycles. The zero-order valence-corrected chi connectivity index (χ0v) is 21.3. The van der Waals surface area contributed by atoms with Gasteiger partial charge < -0.3 is 14.6 Å². The van der Waals surface area contributed by atoms with Crippen LogP contribution in [-0.2, 0) is 11.3 Å². The molecule has 2 N–H and O–H groups in total. The molecule has 184 valence electrons. The number of halogens is 3. The normalized spacial score (nSPS) is 18.4. The molecule has 0 bridgehead atoms. The number of aliphatic hydroxyl groups excluding tert-OH is 1. The van der Waals surface area contributed by atoms with Gasteiger partial charge in [-0.25, -0.2) is 0 Å². The standard InChI is InChI=1S/C26H26Cl3N3O3/c27-21-5-2-1-4-18(21)19-14-17(35-13-10-31-8-11-34-12-9-31)15-24-20(19)16-30-26(33)32(24)25-22(28)6-3-7-23(25)29/h1-7,14-15,26,30,33H,8-13,16H2. The van der Waals surface area contributed by atoms with Gasteiger partial charge in [0.05, 0.1) is 34.6 Å². The Kier molecular flexibility index (Phi) is 7.70. The van der Waals surface area contributed by atoms with Gasteiger partial charge in [-0.2, -0.15) is 0 Å². The van der Waals surface area contributed by atoms with E-state index in [9.17, 15) is 5.11 Å². The molecule has 1 unspecified atom stereocenters. The highest BCUT2D eigenvalue weighted by Gasteiger charge is 2.31. The summed E-state index contributed by atoms with van der Waals surface area (Å²) >= 11 is 19.7. The lowest BCUT2D eigenvalue weighted by molar-refractivity contribution is 0.0322. The summed E-state index contributed by atoms with van der Waals surface area (Å²) < 4.78 is 11.7. The minimum absolute atomic E-state index is 0.434. The third kappa shape index (κ3) is 5.25. The van der Waals surface area contributed by atoms with Crippen molar-refractivity contribution in [1.29, 1.82) is 0 Å². The van der Waals surface area contributed by atoms with Crippen molar-refractivity contribution >= 4 is 46.2 Å². The number of anilines is 2. The van der Waals surface area contributed by atoms with Gasteiger partial charge in [-0.1, -0.05) is 59.1 Å². The Hall–Kier alpha value is -2.03. The van der Waals surface area contributed by atoms with E-state index in [0.717, 1.165) is 55.2 Å². The number of nitrogens with one attached hydrogen (secondary N) is 1. The number of hydrogen-bond acceptors (Lipinski definition) is 6. The largest absolute Gasteiger partial charge is 0.492 e. The highest BCUT2D eigenvalue weighted by Crippen LogP contribution is 2.46. The van der Waals surface area contributed by atoms with E-state index < -0.39 is 6.35 Å². The maximum absolute atomic E-state index is 11.0. The summed E-state index contributed by atoms with van der Waals surface area (Å²) in [5.41, 5.74) is 4.03. The second kappa shape index (κ2) is 10.9. The van der Waals surface area contributed by atoms with Gasteiger partial charge in [0.15, 0.2) is 6.35 Å². The van der Waals surface area contributed by atoms with E-state index in [-0.39, 0.29) is 0 Å².